The van der Waals surface area contributed by atoms with Crippen LogP contribution in [-0.2, 0) is 9.53 Å². The highest BCUT2D eigenvalue weighted by Gasteiger charge is 2.25. The second-order valence-corrected chi connectivity index (χ2v) is 9.55. The standard InChI is InChI=1S/C23H26N2O2S2/c1-17-10-12-19(13-11-17)28-15-5-9-22(26)25(16-18-6-4-14-27-18)23-24-20-7-2-3-8-21(20)29-23/h2-3,7-8,10-13,18H,4-6,9,14-16H2,1H3. The van der Waals surface area contributed by atoms with Crippen molar-refractivity contribution in [1.29, 1.82) is 0 Å². The normalized spacial score (nSPS) is 16.4. The SMILES string of the molecule is Cc1ccc(SCCCC(=O)N(CC2CCCO2)c2nc3ccccc3s2)cc1. The Hall–Kier alpha value is -1.89. The molecule has 2 aromatic carbocycles. The molecular formula is C23H26N2O2S2. The molecular weight excluding hydrogens is 400 g/mol. The summed E-state index contributed by atoms with van der Waals surface area (Å²) in [6.45, 7) is 3.49. The van der Waals surface area contributed by atoms with Crippen LogP contribution in [0, 0.1) is 6.92 Å². The summed E-state index contributed by atoms with van der Waals surface area (Å²) in [5.74, 6) is 1.08. The molecule has 2 heterocycles. The van der Waals surface area contributed by atoms with Crippen molar-refractivity contribution < 1.29 is 9.53 Å². The summed E-state index contributed by atoms with van der Waals surface area (Å²) in [4.78, 5) is 20.9. The van der Waals surface area contributed by atoms with Crippen molar-refractivity contribution in [2.75, 3.05) is 23.8 Å². The molecule has 3 aromatic rings. The lowest BCUT2D eigenvalue weighted by molar-refractivity contribution is -0.119. The lowest BCUT2D eigenvalue weighted by Gasteiger charge is -2.23. The Morgan fingerprint density at radius 1 is 1.24 bits per heavy atom. The third-order valence-electron chi connectivity index (χ3n) is 5.05. The van der Waals surface area contributed by atoms with Crippen LogP contribution in [0.4, 0.5) is 5.13 Å². The van der Waals surface area contributed by atoms with Crippen LogP contribution in [0.25, 0.3) is 10.2 Å². The van der Waals surface area contributed by atoms with Crippen molar-refractivity contribution in [2.24, 2.45) is 0 Å². The van der Waals surface area contributed by atoms with Crippen LogP contribution in [-0.4, -0.2) is 35.9 Å². The van der Waals surface area contributed by atoms with Gasteiger partial charge in [0.1, 0.15) is 0 Å². The average Bonchev–Trinajstić information content (AvgIpc) is 3.40. The van der Waals surface area contributed by atoms with Crippen LogP contribution in [0.2, 0.25) is 0 Å². The van der Waals surface area contributed by atoms with Crippen molar-refractivity contribution in [3.8, 4) is 0 Å². The van der Waals surface area contributed by atoms with Gasteiger partial charge in [-0.05, 0) is 56.2 Å². The number of thiazole rings is 1. The van der Waals surface area contributed by atoms with E-state index >= 15 is 0 Å². The predicted octanol–water partition coefficient (Wildman–Crippen LogP) is 5.69. The first-order chi connectivity index (χ1) is 14.2. The summed E-state index contributed by atoms with van der Waals surface area (Å²) in [5, 5.41) is 0.790. The fourth-order valence-electron chi connectivity index (χ4n) is 3.44. The number of benzene rings is 2. The minimum Gasteiger partial charge on any atom is -0.376 e. The molecule has 29 heavy (non-hydrogen) atoms. The van der Waals surface area contributed by atoms with E-state index in [1.54, 1.807) is 23.1 Å². The van der Waals surface area contributed by atoms with E-state index in [1.165, 1.54) is 10.5 Å². The van der Waals surface area contributed by atoms with Gasteiger partial charge in [-0.15, -0.1) is 11.8 Å². The Morgan fingerprint density at radius 3 is 2.83 bits per heavy atom. The molecule has 1 aromatic heterocycles. The first kappa shape index (κ1) is 20.4. The molecule has 0 bridgehead atoms. The van der Waals surface area contributed by atoms with E-state index in [1.807, 2.05) is 23.1 Å². The molecule has 1 atom stereocenters. The Morgan fingerprint density at radius 2 is 2.07 bits per heavy atom. The molecule has 1 amide bonds. The Bertz CT molecular complexity index is 916. The van der Waals surface area contributed by atoms with Crippen molar-refractivity contribution in [3.05, 3.63) is 54.1 Å². The van der Waals surface area contributed by atoms with Crippen LogP contribution < -0.4 is 4.90 Å². The number of para-hydroxylation sites is 1. The lowest BCUT2D eigenvalue weighted by atomic mass is 10.2. The summed E-state index contributed by atoms with van der Waals surface area (Å²) < 4.78 is 6.91. The van der Waals surface area contributed by atoms with Crippen molar-refractivity contribution in [2.45, 2.75) is 43.6 Å². The zero-order valence-electron chi connectivity index (χ0n) is 16.7. The van der Waals surface area contributed by atoms with Gasteiger partial charge in [-0.25, -0.2) is 4.98 Å². The molecule has 0 N–H and O–H groups in total. The monoisotopic (exact) mass is 426 g/mol. The highest BCUT2D eigenvalue weighted by Crippen LogP contribution is 2.30. The number of anilines is 1. The number of carbonyl (C=O) groups excluding carboxylic acids is 1. The van der Waals surface area contributed by atoms with Gasteiger partial charge in [0, 0.05) is 17.9 Å². The average molecular weight is 427 g/mol. The topological polar surface area (TPSA) is 42.4 Å². The summed E-state index contributed by atoms with van der Waals surface area (Å²) in [6.07, 6.45) is 3.58. The number of aromatic nitrogens is 1. The van der Waals surface area contributed by atoms with Crippen molar-refractivity contribution >= 4 is 44.4 Å². The van der Waals surface area contributed by atoms with Crippen LogP contribution in [0.15, 0.2) is 53.4 Å². The molecule has 0 spiro atoms. The summed E-state index contributed by atoms with van der Waals surface area (Å²) in [7, 11) is 0. The number of rotatable bonds is 8. The van der Waals surface area contributed by atoms with Crippen molar-refractivity contribution in [3.63, 3.8) is 0 Å². The molecule has 0 radical (unpaired) electrons. The van der Waals surface area contributed by atoms with E-state index in [9.17, 15) is 4.79 Å². The second-order valence-electron chi connectivity index (χ2n) is 7.37. The van der Waals surface area contributed by atoms with Gasteiger partial charge >= 0.3 is 0 Å². The van der Waals surface area contributed by atoms with Gasteiger partial charge in [0.2, 0.25) is 5.91 Å². The maximum absolute atomic E-state index is 13.1. The number of fused-ring (bicyclic) bond motifs is 1. The van der Waals surface area contributed by atoms with E-state index in [0.717, 1.165) is 47.0 Å². The second kappa shape index (κ2) is 9.74. The Labute approximate surface area is 180 Å². The maximum atomic E-state index is 13.1. The first-order valence-electron chi connectivity index (χ1n) is 10.2. The number of hydrogen-bond donors (Lipinski definition) is 0. The number of aryl methyl sites for hydroxylation is 1. The van der Waals surface area contributed by atoms with Crippen LogP contribution >= 0.6 is 23.1 Å². The van der Waals surface area contributed by atoms with E-state index < -0.39 is 0 Å². The molecule has 0 saturated carbocycles. The van der Waals surface area contributed by atoms with E-state index in [2.05, 4.69) is 37.3 Å². The Balaban J connectivity index is 1.39. The van der Waals surface area contributed by atoms with Gasteiger partial charge in [0.15, 0.2) is 5.13 Å². The molecule has 1 unspecified atom stereocenters. The predicted molar refractivity (Wildman–Crippen MR) is 122 cm³/mol. The van der Waals surface area contributed by atoms with Crippen molar-refractivity contribution in [1.82, 2.24) is 4.98 Å². The highest BCUT2D eigenvalue weighted by molar-refractivity contribution is 7.99. The summed E-state index contributed by atoms with van der Waals surface area (Å²) in [5.41, 5.74) is 2.22. The highest BCUT2D eigenvalue weighted by atomic mass is 32.2. The van der Waals surface area contributed by atoms with E-state index in [4.69, 9.17) is 9.72 Å². The van der Waals surface area contributed by atoms with Gasteiger partial charge in [-0.3, -0.25) is 9.69 Å². The van der Waals surface area contributed by atoms with Gasteiger partial charge in [-0.1, -0.05) is 41.2 Å². The van der Waals surface area contributed by atoms with Gasteiger partial charge in [0.05, 0.1) is 22.9 Å². The number of hydrogen-bond acceptors (Lipinski definition) is 5. The number of thioether (sulfide) groups is 1. The van der Waals surface area contributed by atoms with Crippen LogP contribution in [0.1, 0.15) is 31.2 Å². The molecule has 4 rings (SSSR count). The maximum Gasteiger partial charge on any atom is 0.228 e. The number of amides is 1. The number of nitrogens with zero attached hydrogens (tertiary/aromatic N) is 2. The molecule has 152 valence electrons. The molecule has 1 aliphatic rings. The van der Waals surface area contributed by atoms with Gasteiger partial charge < -0.3 is 4.74 Å². The zero-order valence-corrected chi connectivity index (χ0v) is 18.3. The first-order valence-corrected chi connectivity index (χ1v) is 12.0. The summed E-state index contributed by atoms with van der Waals surface area (Å²) in [6, 6.07) is 16.6. The minimum atomic E-state index is 0.118. The van der Waals surface area contributed by atoms with Gasteiger partial charge in [0.25, 0.3) is 0 Å². The van der Waals surface area contributed by atoms with Crippen LogP contribution in [0.5, 0.6) is 0 Å². The molecule has 0 aliphatic carbocycles. The number of carbonyl (C=O) groups is 1. The molecule has 1 fully saturated rings. The molecule has 6 heteroatoms. The fraction of sp³-hybridized carbons (Fsp3) is 0.391. The number of ether oxygens (including phenoxy) is 1. The fourth-order valence-corrected chi connectivity index (χ4v) is 5.28. The molecule has 4 nitrogen and oxygen atoms in total. The van der Waals surface area contributed by atoms with E-state index in [-0.39, 0.29) is 12.0 Å². The van der Waals surface area contributed by atoms with Gasteiger partial charge in [-0.2, -0.15) is 0 Å². The quantitative estimate of drug-likeness (QED) is 0.343. The zero-order chi connectivity index (χ0) is 20.1. The lowest BCUT2D eigenvalue weighted by Crippen LogP contribution is -2.37. The minimum absolute atomic E-state index is 0.118. The molecule has 1 saturated heterocycles. The largest absolute Gasteiger partial charge is 0.376 e. The Kier molecular flexibility index (Phi) is 6.85. The van der Waals surface area contributed by atoms with E-state index in [0.29, 0.717) is 13.0 Å². The molecule has 1 aliphatic heterocycles. The summed E-state index contributed by atoms with van der Waals surface area (Å²) >= 11 is 3.39. The smallest absolute Gasteiger partial charge is 0.228 e. The van der Waals surface area contributed by atoms with Crippen LogP contribution in [0.3, 0.4) is 0 Å². The third-order valence-corrected chi connectivity index (χ3v) is 7.21. The third kappa shape index (κ3) is 5.38.